The molecule has 142 valence electrons. The maximum Gasteiger partial charge on any atom is 0.222 e. The van der Waals surface area contributed by atoms with Gasteiger partial charge in [0.2, 0.25) is 5.91 Å². The van der Waals surface area contributed by atoms with Gasteiger partial charge in [-0.1, -0.05) is 6.92 Å². The van der Waals surface area contributed by atoms with Crippen molar-refractivity contribution in [2.24, 2.45) is 4.99 Å². The van der Waals surface area contributed by atoms with E-state index in [1.165, 1.54) is 0 Å². The highest BCUT2D eigenvalue weighted by Crippen LogP contribution is 2.09. The maximum absolute atomic E-state index is 11.6. The molecule has 0 radical (unpaired) electrons. The summed E-state index contributed by atoms with van der Waals surface area (Å²) in [6.45, 7) is 7.51. The first kappa shape index (κ1) is 21.8. The van der Waals surface area contributed by atoms with E-state index in [9.17, 15) is 4.79 Å². The van der Waals surface area contributed by atoms with Crippen LogP contribution in [0, 0.1) is 0 Å². The van der Waals surface area contributed by atoms with E-state index in [4.69, 9.17) is 4.42 Å². The van der Waals surface area contributed by atoms with Crippen LogP contribution in [0.25, 0.3) is 0 Å². The fraction of sp³-hybridized carbons (Fsp3) is 0.667. The van der Waals surface area contributed by atoms with Gasteiger partial charge < -0.3 is 20.0 Å². The van der Waals surface area contributed by atoms with Crippen LogP contribution < -0.4 is 10.6 Å². The normalized spacial score (nSPS) is 15.8. The first-order chi connectivity index (χ1) is 11.7. The Hall–Kier alpha value is -1.25. The van der Waals surface area contributed by atoms with Crippen LogP contribution in [0.4, 0.5) is 0 Å². The van der Waals surface area contributed by atoms with E-state index in [1.807, 2.05) is 17.0 Å². The predicted molar refractivity (Wildman–Crippen MR) is 111 cm³/mol. The number of guanidine groups is 1. The Morgan fingerprint density at radius 1 is 1.48 bits per heavy atom. The van der Waals surface area contributed by atoms with E-state index in [0.29, 0.717) is 12.5 Å². The lowest BCUT2D eigenvalue weighted by molar-refractivity contribution is -0.127. The number of hydrogen-bond acceptors (Lipinski definition) is 3. The second-order valence-corrected chi connectivity index (χ2v) is 6.28. The van der Waals surface area contributed by atoms with Crippen molar-refractivity contribution in [2.75, 3.05) is 26.2 Å². The summed E-state index contributed by atoms with van der Waals surface area (Å²) < 4.78 is 5.35. The summed E-state index contributed by atoms with van der Waals surface area (Å²) in [7, 11) is 0. The summed E-state index contributed by atoms with van der Waals surface area (Å²) in [6.07, 6.45) is 6.17. The van der Waals surface area contributed by atoms with Crippen molar-refractivity contribution in [3.8, 4) is 0 Å². The van der Waals surface area contributed by atoms with E-state index < -0.39 is 0 Å². The fourth-order valence-corrected chi connectivity index (χ4v) is 2.64. The number of rotatable bonds is 9. The van der Waals surface area contributed by atoms with E-state index >= 15 is 0 Å². The number of hydrogen-bond donors (Lipinski definition) is 2. The van der Waals surface area contributed by atoms with Gasteiger partial charge in [-0.2, -0.15) is 0 Å². The molecule has 1 unspecified atom stereocenters. The van der Waals surface area contributed by atoms with E-state index in [1.54, 1.807) is 6.26 Å². The van der Waals surface area contributed by atoms with Crippen molar-refractivity contribution in [1.29, 1.82) is 0 Å². The Bertz CT molecular complexity index is 519. The molecule has 1 fully saturated rings. The molecule has 0 saturated carbocycles. The molecule has 0 aromatic carbocycles. The molecule has 2 heterocycles. The van der Waals surface area contributed by atoms with Crippen LogP contribution in [0.15, 0.2) is 27.8 Å². The van der Waals surface area contributed by atoms with E-state index in [0.717, 1.165) is 63.6 Å². The zero-order valence-electron chi connectivity index (χ0n) is 15.3. The van der Waals surface area contributed by atoms with Crippen molar-refractivity contribution in [3.63, 3.8) is 0 Å². The molecule has 1 aliphatic heterocycles. The molecule has 1 aromatic heterocycles. The predicted octanol–water partition coefficient (Wildman–Crippen LogP) is 2.79. The van der Waals surface area contributed by atoms with Crippen LogP contribution in [-0.2, 0) is 11.2 Å². The van der Waals surface area contributed by atoms with Crippen molar-refractivity contribution in [2.45, 2.75) is 52.0 Å². The largest absolute Gasteiger partial charge is 0.469 e. The minimum Gasteiger partial charge on any atom is -0.469 e. The lowest BCUT2D eigenvalue weighted by Gasteiger charge is -2.17. The number of amides is 1. The first-order valence-electron chi connectivity index (χ1n) is 9.04. The van der Waals surface area contributed by atoms with Gasteiger partial charge in [-0.3, -0.25) is 9.79 Å². The zero-order chi connectivity index (χ0) is 17.2. The highest BCUT2D eigenvalue weighted by molar-refractivity contribution is 14.0. The number of nitrogens with zero attached hydrogens (tertiary/aromatic N) is 2. The molecule has 1 saturated heterocycles. The summed E-state index contributed by atoms with van der Waals surface area (Å²) in [5, 5.41) is 6.77. The van der Waals surface area contributed by atoms with E-state index in [2.05, 4.69) is 29.5 Å². The standard InChI is InChI=1S/C18H30N4O2.HI/c1-3-15(2)21-18(20-11-9-16-7-5-14-24-16)19-10-6-13-22-12-4-8-17(22)23;/h5,7,14-15H,3-4,6,8-13H2,1-2H3,(H2,19,20,21);1H. The van der Waals surface area contributed by atoms with Gasteiger partial charge in [0.05, 0.1) is 6.26 Å². The molecule has 2 N–H and O–H groups in total. The maximum atomic E-state index is 11.6. The van der Waals surface area contributed by atoms with Gasteiger partial charge in [-0.05, 0) is 38.3 Å². The van der Waals surface area contributed by atoms with Gasteiger partial charge in [-0.25, -0.2) is 0 Å². The minimum atomic E-state index is 0. The molecule has 1 aromatic rings. The Labute approximate surface area is 167 Å². The van der Waals surface area contributed by atoms with Gasteiger partial charge in [0.1, 0.15) is 5.76 Å². The van der Waals surface area contributed by atoms with Crippen molar-refractivity contribution < 1.29 is 9.21 Å². The Kier molecular flexibility index (Phi) is 10.6. The van der Waals surface area contributed by atoms with Gasteiger partial charge in [0.25, 0.3) is 0 Å². The second kappa shape index (κ2) is 12.2. The van der Waals surface area contributed by atoms with Gasteiger partial charge in [0, 0.05) is 45.1 Å². The molecular weight excluding hydrogens is 431 g/mol. The molecule has 1 aliphatic rings. The monoisotopic (exact) mass is 462 g/mol. The lowest BCUT2D eigenvalue weighted by atomic mass is 10.3. The molecule has 25 heavy (non-hydrogen) atoms. The summed E-state index contributed by atoms with van der Waals surface area (Å²) in [6, 6.07) is 4.26. The fourth-order valence-electron chi connectivity index (χ4n) is 2.64. The first-order valence-corrected chi connectivity index (χ1v) is 9.04. The summed E-state index contributed by atoms with van der Waals surface area (Å²) in [4.78, 5) is 18.2. The molecule has 0 spiro atoms. The molecule has 0 bridgehead atoms. The average molecular weight is 462 g/mol. The molecular formula is C18H31IN4O2. The Balaban J connectivity index is 0.00000312. The number of likely N-dealkylation sites (tertiary alicyclic amines) is 1. The summed E-state index contributed by atoms with van der Waals surface area (Å²) in [5.74, 6) is 2.09. The van der Waals surface area contributed by atoms with Crippen LogP contribution in [0.1, 0.15) is 45.3 Å². The number of carbonyl (C=O) groups is 1. The van der Waals surface area contributed by atoms with Crippen LogP contribution in [-0.4, -0.2) is 49.0 Å². The highest BCUT2D eigenvalue weighted by atomic mass is 127. The number of halogens is 1. The van der Waals surface area contributed by atoms with Gasteiger partial charge >= 0.3 is 0 Å². The van der Waals surface area contributed by atoms with Gasteiger partial charge in [-0.15, -0.1) is 24.0 Å². The van der Waals surface area contributed by atoms with Crippen LogP contribution in [0.5, 0.6) is 0 Å². The summed E-state index contributed by atoms with van der Waals surface area (Å²) in [5.41, 5.74) is 0. The molecule has 6 nitrogen and oxygen atoms in total. The molecule has 1 atom stereocenters. The zero-order valence-corrected chi connectivity index (χ0v) is 17.6. The SMILES string of the molecule is CCC(C)NC(=NCCCN1CCCC1=O)NCCc1ccco1.I. The summed E-state index contributed by atoms with van der Waals surface area (Å²) >= 11 is 0. The molecule has 1 amide bonds. The number of furan rings is 1. The Morgan fingerprint density at radius 2 is 2.32 bits per heavy atom. The number of nitrogens with one attached hydrogen (secondary N) is 2. The quantitative estimate of drug-likeness (QED) is 0.256. The minimum absolute atomic E-state index is 0. The molecule has 0 aliphatic carbocycles. The van der Waals surface area contributed by atoms with Gasteiger partial charge in [0.15, 0.2) is 5.96 Å². The van der Waals surface area contributed by atoms with Crippen molar-refractivity contribution >= 4 is 35.8 Å². The van der Waals surface area contributed by atoms with E-state index in [-0.39, 0.29) is 29.9 Å². The third-order valence-electron chi connectivity index (χ3n) is 4.27. The average Bonchev–Trinajstić information content (AvgIpc) is 3.23. The number of aliphatic imine (C=N–C) groups is 1. The number of carbonyl (C=O) groups excluding carboxylic acids is 1. The molecule has 2 rings (SSSR count). The third kappa shape index (κ3) is 8.11. The lowest BCUT2D eigenvalue weighted by Crippen LogP contribution is -2.43. The van der Waals surface area contributed by atoms with Crippen molar-refractivity contribution in [1.82, 2.24) is 15.5 Å². The highest BCUT2D eigenvalue weighted by Gasteiger charge is 2.18. The third-order valence-corrected chi connectivity index (χ3v) is 4.27. The molecule has 7 heteroatoms. The van der Waals surface area contributed by atoms with Crippen LogP contribution in [0.3, 0.4) is 0 Å². The van der Waals surface area contributed by atoms with Crippen LogP contribution >= 0.6 is 24.0 Å². The Morgan fingerprint density at radius 3 is 2.96 bits per heavy atom. The van der Waals surface area contributed by atoms with Crippen molar-refractivity contribution in [3.05, 3.63) is 24.2 Å². The smallest absolute Gasteiger partial charge is 0.222 e. The van der Waals surface area contributed by atoms with Crippen LogP contribution in [0.2, 0.25) is 0 Å². The second-order valence-electron chi connectivity index (χ2n) is 6.28. The topological polar surface area (TPSA) is 69.9 Å².